The molecule has 2 aromatic heterocycles. The van der Waals surface area contributed by atoms with E-state index in [1.165, 1.54) is 0 Å². The molecule has 0 amide bonds. The molecule has 20 heavy (non-hydrogen) atoms. The molecule has 0 saturated heterocycles. The van der Waals surface area contributed by atoms with Crippen molar-refractivity contribution in [2.45, 2.75) is 13.8 Å². The maximum Gasteiger partial charge on any atom is 0.149 e. The van der Waals surface area contributed by atoms with Crippen molar-refractivity contribution in [2.24, 2.45) is 0 Å². The van der Waals surface area contributed by atoms with Crippen molar-refractivity contribution in [3.05, 3.63) is 43.6 Å². The molecule has 6 heteroatoms. The van der Waals surface area contributed by atoms with E-state index in [1.807, 2.05) is 13.8 Å². The Bertz CT molecular complexity index is 875. The van der Waals surface area contributed by atoms with Gasteiger partial charge in [-0.1, -0.05) is 46.4 Å². The average molecular weight is 346 g/mol. The monoisotopic (exact) mass is 344 g/mol. The number of hydrogen-bond donors (Lipinski definition) is 0. The van der Waals surface area contributed by atoms with Crippen molar-refractivity contribution in [1.29, 1.82) is 0 Å². The Morgan fingerprint density at radius 2 is 1.50 bits per heavy atom. The molecule has 0 unspecified atom stereocenters. The lowest BCUT2D eigenvalue weighted by atomic mass is 9.98. The molecule has 0 spiro atoms. The minimum Gasteiger partial charge on any atom is -0.254 e. The van der Waals surface area contributed by atoms with Crippen LogP contribution in [0.4, 0.5) is 0 Å². The molecule has 2 nitrogen and oxygen atoms in total. The van der Waals surface area contributed by atoms with Gasteiger partial charge in [0.1, 0.15) is 10.7 Å². The van der Waals surface area contributed by atoms with Gasteiger partial charge in [-0.2, -0.15) is 0 Å². The molecule has 0 aliphatic heterocycles. The number of fused-ring (bicyclic) bond motifs is 3. The smallest absolute Gasteiger partial charge is 0.149 e. The van der Waals surface area contributed by atoms with Crippen LogP contribution in [0.15, 0.2) is 12.3 Å². The Balaban J connectivity index is 2.72. The Morgan fingerprint density at radius 3 is 2.20 bits per heavy atom. The summed E-state index contributed by atoms with van der Waals surface area (Å²) in [5, 5.41) is 3.06. The van der Waals surface area contributed by atoms with E-state index >= 15 is 0 Å². The average Bonchev–Trinajstić information content (AvgIpc) is 2.41. The second-order valence-electron chi connectivity index (χ2n) is 4.52. The predicted molar refractivity (Wildman–Crippen MR) is 86.6 cm³/mol. The highest BCUT2D eigenvalue weighted by Gasteiger charge is 2.19. The molecule has 0 N–H and O–H groups in total. The maximum atomic E-state index is 6.33. The molecule has 1 aromatic carbocycles. The van der Waals surface area contributed by atoms with Gasteiger partial charge in [-0.25, -0.2) is 4.98 Å². The number of hydrogen-bond acceptors (Lipinski definition) is 2. The third kappa shape index (κ3) is 1.86. The van der Waals surface area contributed by atoms with E-state index in [1.54, 1.807) is 12.3 Å². The lowest BCUT2D eigenvalue weighted by Gasteiger charge is -2.14. The summed E-state index contributed by atoms with van der Waals surface area (Å²) in [6.07, 6.45) is 1.64. The van der Waals surface area contributed by atoms with Crippen LogP contribution >= 0.6 is 46.4 Å². The van der Waals surface area contributed by atoms with Crippen LogP contribution in [0.5, 0.6) is 0 Å². The van der Waals surface area contributed by atoms with E-state index in [0.717, 1.165) is 21.9 Å². The first-order valence-corrected chi connectivity index (χ1v) is 7.32. The molecule has 3 aromatic rings. The van der Waals surface area contributed by atoms with Gasteiger partial charge in [0, 0.05) is 17.0 Å². The molecule has 3 rings (SSSR count). The van der Waals surface area contributed by atoms with Crippen molar-refractivity contribution in [3.8, 4) is 0 Å². The van der Waals surface area contributed by atoms with E-state index in [2.05, 4.69) is 9.97 Å². The number of aryl methyl sites for hydroxylation is 2. The Labute approximate surface area is 135 Å². The first kappa shape index (κ1) is 14.2. The summed E-state index contributed by atoms with van der Waals surface area (Å²) in [5.41, 5.74) is 3.27. The number of pyridine rings is 2. The fourth-order valence-corrected chi connectivity index (χ4v) is 3.34. The van der Waals surface area contributed by atoms with Crippen molar-refractivity contribution in [3.63, 3.8) is 0 Å². The molecule has 0 radical (unpaired) electrons. The van der Waals surface area contributed by atoms with Crippen molar-refractivity contribution in [2.75, 3.05) is 0 Å². The Morgan fingerprint density at radius 1 is 0.850 bits per heavy atom. The lowest BCUT2D eigenvalue weighted by molar-refractivity contribution is 1.33. The number of rotatable bonds is 0. The van der Waals surface area contributed by atoms with E-state index in [9.17, 15) is 0 Å². The number of benzene rings is 1. The summed E-state index contributed by atoms with van der Waals surface area (Å²) < 4.78 is 0. The largest absolute Gasteiger partial charge is 0.254 e. The second-order valence-corrected chi connectivity index (χ2v) is 6.04. The van der Waals surface area contributed by atoms with Gasteiger partial charge in [-0.05, 0) is 31.0 Å². The second kappa shape index (κ2) is 4.88. The van der Waals surface area contributed by atoms with Crippen LogP contribution in [0.25, 0.3) is 21.8 Å². The fourth-order valence-electron chi connectivity index (χ4n) is 2.37. The van der Waals surface area contributed by atoms with Crippen LogP contribution in [-0.4, -0.2) is 9.97 Å². The van der Waals surface area contributed by atoms with Gasteiger partial charge in [-0.3, -0.25) is 4.98 Å². The van der Waals surface area contributed by atoms with Crippen molar-refractivity contribution >= 4 is 68.2 Å². The predicted octanol–water partition coefficient (Wildman–Crippen LogP) is 6.01. The molecular weight excluding hydrogens is 338 g/mol. The minimum atomic E-state index is 0.162. The highest BCUT2D eigenvalue weighted by atomic mass is 35.5. The summed E-state index contributed by atoms with van der Waals surface area (Å²) in [6, 6.07) is 1.75. The third-order valence-corrected chi connectivity index (χ3v) is 5.00. The molecule has 0 aliphatic carbocycles. The van der Waals surface area contributed by atoms with Gasteiger partial charge in [-0.15, -0.1) is 0 Å². The highest BCUT2D eigenvalue weighted by molar-refractivity contribution is 6.50. The summed E-state index contributed by atoms with van der Waals surface area (Å²) in [6.45, 7) is 3.93. The van der Waals surface area contributed by atoms with Crippen LogP contribution in [0, 0.1) is 13.8 Å². The van der Waals surface area contributed by atoms with Crippen LogP contribution < -0.4 is 0 Å². The fraction of sp³-hybridized carbons (Fsp3) is 0.143. The van der Waals surface area contributed by atoms with Crippen molar-refractivity contribution in [1.82, 2.24) is 9.97 Å². The highest BCUT2D eigenvalue weighted by Crippen LogP contribution is 2.41. The van der Waals surface area contributed by atoms with Crippen LogP contribution in [0.2, 0.25) is 20.2 Å². The summed E-state index contributed by atoms with van der Waals surface area (Å²) in [7, 11) is 0. The minimum absolute atomic E-state index is 0.162. The Hall–Kier alpha value is -0.800. The Kier molecular flexibility index (Phi) is 3.46. The molecule has 0 fully saturated rings. The number of halogens is 4. The van der Waals surface area contributed by atoms with Gasteiger partial charge in [0.2, 0.25) is 0 Å². The molecule has 0 aliphatic rings. The topological polar surface area (TPSA) is 25.8 Å². The van der Waals surface area contributed by atoms with Gasteiger partial charge in [0.15, 0.2) is 0 Å². The zero-order valence-electron chi connectivity index (χ0n) is 10.6. The molecule has 2 heterocycles. The normalized spacial score (nSPS) is 11.5. The lowest BCUT2D eigenvalue weighted by Crippen LogP contribution is -1.95. The van der Waals surface area contributed by atoms with Gasteiger partial charge in [0.05, 0.1) is 20.6 Å². The van der Waals surface area contributed by atoms with Crippen molar-refractivity contribution < 1.29 is 0 Å². The van der Waals surface area contributed by atoms with Gasteiger partial charge in [0.25, 0.3) is 0 Å². The van der Waals surface area contributed by atoms with Gasteiger partial charge >= 0.3 is 0 Å². The molecule has 102 valence electrons. The summed E-state index contributed by atoms with van der Waals surface area (Å²) in [4.78, 5) is 8.71. The number of aromatic nitrogens is 2. The zero-order valence-corrected chi connectivity index (χ0v) is 13.6. The summed E-state index contributed by atoms with van der Waals surface area (Å²) in [5.74, 6) is 0. The molecule has 0 bridgehead atoms. The van der Waals surface area contributed by atoms with E-state index in [4.69, 9.17) is 46.4 Å². The standard InChI is InChI=1S/C14H8Cl4N2/c1-5-6(2)9-10(16)11(17)14(18)20-13(9)12-8(5)7(15)3-4-19-12/h3-4H,1-2H3. The molecular formula is C14H8Cl4N2. The molecule has 0 atom stereocenters. The quantitative estimate of drug-likeness (QED) is 0.368. The van der Waals surface area contributed by atoms with E-state index in [0.29, 0.717) is 21.1 Å². The van der Waals surface area contributed by atoms with Crippen LogP contribution in [-0.2, 0) is 0 Å². The van der Waals surface area contributed by atoms with E-state index in [-0.39, 0.29) is 10.2 Å². The van der Waals surface area contributed by atoms with Crippen LogP contribution in [0.3, 0.4) is 0 Å². The molecule has 0 saturated carbocycles. The maximum absolute atomic E-state index is 6.33. The first-order chi connectivity index (χ1) is 9.43. The number of nitrogens with zero attached hydrogens (tertiary/aromatic N) is 2. The SMILES string of the molecule is Cc1c(C)c2c(Cl)c(Cl)c(Cl)nc2c2nccc(Cl)c12. The van der Waals surface area contributed by atoms with Crippen LogP contribution in [0.1, 0.15) is 11.1 Å². The van der Waals surface area contributed by atoms with Gasteiger partial charge < -0.3 is 0 Å². The third-order valence-electron chi connectivity index (χ3n) is 3.48. The first-order valence-electron chi connectivity index (χ1n) is 5.81. The van der Waals surface area contributed by atoms with E-state index < -0.39 is 0 Å². The summed E-state index contributed by atoms with van der Waals surface area (Å²) >= 11 is 24.7. The zero-order chi connectivity index (χ0) is 14.6.